The van der Waals surface area contributed by atoms with Crippen LogP contribution in [0.15, 0.2) is 59.5 Å². The smallest absolute Gasteiger partial charge is 0.339 e. The Morgan fingerprint density at radius 1 is 1.03 bits per heavy atom. The SMILES string of the molecule is COC(=O)c1ccccc1S(=O)(=O)NC(C)(C)C(=O)NC(Cc1ccccc1)C(=O)O. The van der Waals surface area contributed by atoms with Crippen molar-refractivity contribution < 1.29 is 32.6 Å². The number of methoxy groups -OCH3 is 1. The molecule has 0 heterocycles. The summed E-state index contributed by atoms with van der Waals surface area (Å²) in [6.45, 7) is 2.59. The number of aliphatic carboxylic acids is 1. The highest BCUT2D eigenvalue weighted by molar-refractivity contribution is 7.89. The van der Waals surface area contributed by atoms with Gasteiger partial charge < -0.3 is 15.2 Å². The number of rotatable bonds is 9. The molecule has 0 aliphatic rings. The molecule has 0 spiro atoms. The summed E-state index contributed by atoms with van der Waals surface area (Å²) in [5.74, 6) is -2.95. The number of amides is 1. The van der Waals surface area contributed by atoms with Crippen LogP contribution in [-0.2, 0) is 30.8 Å². The van der Waals surface area contributed by atoms with Gasteiger partial charge in [0.25, 0.3) is 0 Å². The van der Waals surface area contributed by atoms with Gasteiger partial charge in [0.05, 0.1) is 17.6 Å². The summed E-state index contributed by atoms with van der Waals surface area (Å²) in [7, 11) is -3.20. The third kappa shape index (κ3) is 6.12. The van der Waals surface area contributed by atoms with E-state index in [9.17, 15) is 27.9 Å². The summed E-state index contributed by atoms with van der Waals surface area (Å²) in [5, 5.41) is 11.9. The highest BCUT2D eigenvalue weighted by atomic mass is 32.2. The molecule has 0 radical (unpaired) electrons. The highest BCUT2D eigenvalue weighted by Crippen LogP contribution is 2.19. The molecule has 0 aromatic heterocycles. The van der Waals surface area contributed by atoms with Crippen molar-refractivity contribution in [2.24, 2.45) is 0 Å². The molecule has 2 aromatic rings. The van der Waals surface area contributed by atoms with E-state index < -0.39 is 39.4 Å². The standard InChI is InChI=1S/C21H24N2O7S/c1-21(2,20(27)22-16(18(24)25)13-14-9-5-4-6-10-14)23-31(28,29)17-12-8-7-11-15(17)19(26)30-3/h4-12,16,23H,13H2,1-3H3,(H,22,27)(H,24,25). The number of ether oxygens (including phenoxy) is 1. The molecule has 1 amide bonds. The number of sulfonamides is 1. The summed E-state index contributed by atoms with van der Waals surface area (Å²) >= 11 is 0. The Balaban J connectivity index is 2.23. The van der Waals surface area contributed by atoms with Crippen molar-refractivity contribution >= 4 is 27.9 Å². The van der Waals surface area contributed by atoms with Gasteiger partial charge >= 0.3 is 11.9 Å². The average Bonchev–Trinajstić information content (AvgIpc) is 2.72. The monoisotopic (exact) mass is 448 g/mol. The lowest BCUT2D eigenvalue weighted by Gasteiger charge is -2.27. The lowest BCUT2D eigenvalue weighted by Crippen LogP contribution is -2.58. The molecule has 1 atom stereocenters. The van der Waals surface area contributed by atoms with Crippen LogP contribution in [0.2, 0.25) is 0 Å². The van der Waals surface area contributed by atoms with E-state index in [-0.39, 0.29) is 16.9 Å². The van der Waals surface area contributed by atoms with Crippen molar-refractivity contribution in [3.8, 4) is 0 Å². The maximum absolute atomic E-state index is 12.9. The van der Waals surface area contributed by atoms with Crippen molar-refractivity contribution in [2.45, 2.75) is 36.7 Å². The number of carbonyl (C=O) groups is 3. The minimum absolute atomic E-state index is 0.0237. The first-order valence-electron chi connectivity index (χ1n) is 9.27. The molecule has 3 N–H and O–H groups in total. The van der Waals surface area contributed by atoms with E-state index in [4.69, 9.17) is 0 Å². The van der Waals surface area contributed by atoms with E-state index in [2.05, 4.69) is 14.8 Å². The second kappa shape index (κ2) is 9.71. The molecule has 0 fully saturated rings. The van der Waals surface area contributed by atoms with Gasteiger partial charge in [0.15, 0.2) is 0 Å². The normalized spacial score (nSPS) is 12.6. The summed E-state index contributed by atoms with van der Waals surface area (Å²) < 4.78 is 32.6. The second-order valence-corrected chi connectivity index (χ2v) is 8.92. The van der Waals surface area contributed by atoms with Gasteiger partial charge in [-0.25, -0.2) is 18.0 Å². The van der Waals surface area contributed by atoms with Crippen molar-refractivity contribution in [3.05, 3.63) is 65.7 Å². The number of carbonyl (C=O) groups excluding carboxylic acids is 2. The quantitative estimate of drug-likeness (QED) is 0.492. The van der Waals surface area contributed by atoms with E-state index in [1.807, 2.05) is 0 Å². The fraction of sp³-hybridized carbons (Fsp3) is 0.286. The average molecular weight is 448 g/mol. The Hall–Kier alpha value is -3.24. The van der Waals surface area contributed by atoms with Gasteiger partial charge in [-0.3, -0.25) is 4.79 Å². The minimum Gasteiger partial charge on any atom is -0.480 e. The molecule has 0 bridgehead atoms. The number of hydrogen-bond donors (Lipinski definition) is 3. The van der Waals surface area contributed by atoms with E-state index in [1.54, 1.807) is 30.3 Å². The van der Waals surface area contributed by atoms with Gasteiger partial charge in [-0.1, -0.05) is 42.5 Å². The number of carboxylic acid groups (broad SMARTS) is 1. The minimum atomic E-state index is -4.32. The number of nitrogens with one attached hydrogen (secondary N) is 2. The van der Waals surface area contributed by atoms with Gasteiger partial charge in [0.2, 0.25) is 15.9 Å². The molecule has 9 nitrogen and oxygen atoms in total. The van der Waals surface area contributed by atoms with Gasteiger partial charge in [-0.05, 0) is 31.5 Å². The molecule has 0 aliphatic carbocycles. The van der Waals surface area contributed by atoms with Gasteiger partial charge in [-0.2, -0.15) is 4.72 Å². The van der Waals surface area contributed by atoms with Crippen LogP contribution in [-0.4, -0.2) is 50.1 Å². The Labute approximate surface area is 180 Å². The number of benzene rings is 2. The molecule has 166 valence electrons. The Bertz CT molecular complexity index is 1070. The summed E-state index contributed by atoms with van der Waals surface area (Å²) in [6, 6.07) is 12.8. The molecule has 2 aromatic carbocycles. The fourth-order valence-corrected chi connectivity index (χ4v) is 4.38. The van der Waals surface area contributed by atoms with Gasteiger partial charge in [-0.15, -0.1) is 0 Å². The largest absolute Gasteiger partial charge is 0.480 e. The number of carboxylic acids is 1. The van der Waals surface area contributed by atoms with Crippen molar-refractivity contribution in [1.29, 1.82) is 0 Å². The van der Waals surface area contributed by atoms with Crippen LogP contribution in [0, 0.1) is 0 Å². The predicted molar refractivity (Wildman–Crippen MR) is 112 cm³/mol. The Morgan fingerprint density at radius 3 is 2.19 bits per heavy atom. The molecule has 0 saturated heterocycles. The van der Waals surface area contributed by atoms with Gasteiger partial charge in [0.1, 0.15) is 11.6 Å². The van der Waals surface area contributed by atoms with Crippen LogP contribution in [0.25, 0.3) is 0 Å². The van der Waals surface area contributed by atoms with Crippen molar-refractivity contribution in [2.75, 3.05) is 7.11 Å². The second-order valence-electron chi connectivity index (χ2n) is 7.27. The van der Waals surface area contributed by atoms with E-state index >= 15 is 0 Å². The highest BCUT2D eigenvalue weighted by Gasteiger charge is 2.36. The van der Waals surface area contributed by atoms with E-state index in [0.717, 1.165) is 7.11 Å². The van der Waals surface area contributed by atoms with Crippen LogP contribution < -0.4 is 10.0 Å². The molecule has 2 rings (SSSR count). The predicted octanol–water partition coefficient (Wildman–Crippen LogP) is 1.34. The molecular weight excluding hydrogens is 424 g/mol. The van der Waals surface area contributed by atoms with Crippen molar-refractivity contribution in [1.82, 2.24) is 10.0 Å². The van der Waals surface area contributed by atoms with Crippen LogP contribution >= 0.6 is 0 Å². The lowest BCUT2D eigenvalue weighted by atomic mass is 10.0. The first kappa shape index (κ1) is 24.0. The number of esters is 1. The zero-order chi connectivity index (χ0) is 23.2. The fourth-order valence-electron chi connectivity index (χ4n) is 2.81. The van der Waals surface area contributed by atoms with Crippen molar-refractivity contribution in [3.63, 3.8) is 0 Å². The molecular formula is C21H24N2O7S. The number of hydrogen-bond acceptors (Lipinski definition) is 6. The zero-order valence-corrected chi connectivity index (χ0v) is 18.1. The van der Waals surface area contributed by atoms with Crippen LogP contribution in [0.4, 0.5) is 0 Å². The van der Waals surface area contributed by atoms with Crippen LogP contribution in [0.3, 0.4) is 0 Å². The zero-order valence-electron chi connectivity index (χ0n) is 17.3. The van der Waals surface area contributed by atoms with E-state index in [0.29, 0.717) is 5.56 Å². The summed E-state index contributed by atoms with van der Waals surface area (Å²) in [5.41, 5.74) is -1.21. The third-order valence-corrected chi connectivity index (χ3v) is 6.14. The van der Waals surface area contributed by atoms with Crippen LogP contribution in [0.5, 0.6) is 0 Å². The van der Waals surface area contributed by atoms with Gasteiger partial charge in [0, 0.05) is 6.42 Å². The first-order valence-corrected chi connectivity index (χ1v) is 10.8. The molecule has 10 heteroatoms. The first-order chi connectivity index (χ1) is 14.5. The Morgan fingerprint density at radius 2 is 1.61 bits per heavy atom. The lowest BCUT2D eigenvalue weighted by molar-refractivity contribution is -0.142. The topological polar surface area (TPSA) is 139 Å². The van der Waals surface area contributed by atoms with E-state index in [1.165, 1.54) is 38.1 Å². The summed E-state index contributed by atoms with van der Waals surface area (Å²) in [4.78, 5) is 35.9. The maximum Gasteiger partial charge on any atom is 0.339 e. The molecule has 1 unspecified atom stereocenters. The molecule has 0 saturated carbocycles. The molecule has 0 aliphatic heterocycles. The summed E-state index contributed by atoms with van der Waals surface area (Å²) in [6.07, 6.45) is 0.0237. The third-order valence-electron chi connectivity index (χ3n) is 4.43. The maximum atomic E-state index is 12.9. The van der Waals surface area contributed by atoms with Crippen LogP contribution in [0.1, 0.15) is 29.8 Å². The molecule has 31 heavy (non-hydrogen) atoms. The Kier molecular flexibility index (Phi) is 7.53.